The molecule has 0 saturated heterocycles. The van der Waals surface area contributed by atoms with E-state index in [2.05, 4.69) is 89.8 Å². The van der Waals surface area contributed by atoms with Crippen molar-refractivity contribution in [3.8, 4) is 0 Å². The molecule has 3 aromatic heterocycles. The minimum atomic E-state index is -3.22. The third kappa shape index (κ3) is 31.3. The van der Waals surface area contributed by atoms with Crippen molar-refractivity contribution < 1.29 is 196 Å². The maximum absolute atomic E-state index is 11.2. The zero-order chi connectivity index (χ0) is 58.3. The van der Waals surface area contributed by atoms with Gasteiger partial charge in [-0.3, -0.25) is 40.0 Å². The number of fused-ring (bicyclic) bond motifs is 3. The van der Waals surface area contributed by atoms with Crippen LogP contribution in [0.4, 0.5) is 10.1 Å². The van der Waals surface area contributed by atoms with E-state index in [1.807, 2.05) is 83.7 Å². The molecule has 0 aliphatic rings. The van der Waals surface area contributed by atoms with Gasteiger partial charge in [-0.25, -0.2) is 0 Å². The number of nitro groups is 1. The van der Waals surface area contributed by atoms with Crippen molar-refractivity contribution >= 4 is 228 Å². The van der Waals surface area contributed by atoms with E-state index in [9.17, 15) is 28.7 Å². The third-order valence-corrected chi connectivity index (χ3v) is 12.8. The second-order valence-corrected chi connectivity index (χ2v) is 23.9. The zero-order valence-electron chi connectivity index (χ0n) is 43.5. The Balaban J connectivity index is -0.000000287. The standard InChI is InChI=1S/C16H11Cl2NO.C9H5Cl2NO.C8H5Cl2N.C7H7Br.C6H3Cl2NO2.C2H3.CH3F.CH2O3.BrH.Cl3OP.2Cs.Mg.H/c17-14-7-6-13-12(10-20)9-19(16(13)15(14)18)8-11-4-2-1-3-5-11;10-7-2-1-6-5(4-13)3-12-9(6)8(7)11;9-6-2-1-5-3-4-11-8(5)7(6)10;8-6-7-4-2-1-3-5-7;7-4-2-1-3-5(6(4)8)9(10)11;2*1-2;2-1-4-3;;1-5(2,3)4;;;;/h1-7,9-10H,8H2;1-4,12H;1-4,11H;1-5H,6H2;1-3H;1H,2H2;1H3;1,3H;1H;;;;;/q;;;;;-1;;;;;2*+1;+2;-1/p-2/i;;;;;;1D;;;;;;;. The van der Waals surface area contributed by atoms with Crippen LogP contribution >= 0.6 is 148 Å². The topological polar surface area (TPSA) is 180 Å². The van der Waals surface area contributed by atoms with Crippen LogP contribution in [0.3, 0.4) is 0 Å². The molecule has 0 spiro atoms. The smallest absolute Gasteiger partial charge is 1.00 e. The van der Waals surface area contributed by atoms with E-state index in [-0.39, 0.29) is 201 Å². The van der Waals surface area contributed by atoms with E-state index in [4.69, 9.17) is 104 Å². The minimum Gasteiger partial charge on any atom is -1.00 e. The van der Waals surface area contributed by atoms with E-state index < -0.39 is 17.3 Å². The number of nitrogens with one attached hydrogen (secondary N) is 2. The molecule has 9 rings (SSSR count). The molecule has 0 radical (unpaired) electrons. The Morgan fingerprint density at radius 3 is 1.61 bits per heavy atom. The summed E-state index contributed by atoms with van der Waals surface area (Å²) in [6, 6.07) is 37.2. The molecule has 12 nitrogen and oxygen atoms in total. The number of aromatic nitrogens is 3. The second-order valence-electron chi connectivity index (χ2n) is 13.6. The SMILES string of the molecule is BrCc1ccccc1.Clc1ccc2cc[nH]c2c1Cl.O=CO[O-].O=Cc1c[nH]c2c(Cl)c(Cl)ccc12.O=Cc1cn(Cc2ccccc2)c2c(Cl)c(Cl)ccc12.O=P(Cl)(Cl)Cl.O=[N+]([O-])c1cccc(Cl)c1Cl.[2H]CF.[Br-].[CH-]=C.[Cs+].[Cs+].[H-].[Mg+2]. The number of hydrogen-bond acceptors (Lipinski definition) is 8. The fraction of sp³-hybridized carbons (Fsp3) is 0.0600. The van der Waals surface area contributed by atoms with Crippen LogP contribution in [0, 0.1) is 16.7 Å². The molecular formula is C50H39Br2Cl11Cs2FMgN4O8P. The van der Waals surface area contributed by atoms with Crippen molar-refractivity contribution in [2.45, 2.75) is 11.9 Å². The van der Waals surface area contributed by atoms with Crippen LogP contribution in [0.5, 0.6) is 0 Å². The van der Waals surface area contributed by atoms with Crippen molar-refractivity contribution in [3.63, 3.8) is 0 Å². The Morgan fingerprint density at radius 1 is 0.713 bits per heavy atom. The minimum absolute atomic E-state index is 0. The molecule has 0 unspecified atom stereocenters. The summed E-state index contributed by atoms with van der Waals surface area (Å²) < 4.78 is 27.0. The first kappa shape index (κ1) is 85.2. The molecule has 0 bridgehead atoms. The monoisotopic (exact) mass is 1710 g/mol. The van der Waals surface area contributed by atoms with Crippen LogP contribution in [0.2, 0.25) is 40.2 Å². The van der Waals surface area contributed by atoms with Gasteiger partial charge in [0.25, 0.3) is 12.2 Å². The molecule has 0 saturated carbocycles. The molecule has 9 aromatic rings. The number of rotatable bonds is 7. The molecule has 3 heterocycles. The number of benzene rings is 6. The number of carbonyl (C=O) groups is 3. The van der Waals surface area contributed by atoms with Crippen molar-refractivity contribution in [3.05, 3.63) is 226 Å². The largest absolute Gasteiger partial charge is 2.00 e. The summed E-state index contributed by atoms with van der Waals surface area (Å²) in [6.45, 7) is 7.46. The third-order valence-electron chi connectivity index (χ3n) is 8.97. The first-order chi connectivity index (χ1) is 36.6. The van der Waals surface area contributed by atoms with Gasteiger partial charge in [-0.15, -0.1) is 0 Å². The number of carbonyl (C=O) groups excluding carboxylic acids is 3. The normalized spacial score (nSPS) is 9.45. The summed E-state index contributed by atoms with van der Waals surface area (Å²) in [5.74, 6) is 0. The number of alkyl halides is 2. The Bertz CT molecular complexity index is 3350. The summed E-state index contributed by atoms with van der Waals surface area (Å²) in [7, 11) is -1.00. The van der Waals surface area contributed by atoms with E-state index in [0.717, 1.165) is 50.7 Å². The molecule has 80 heavy (non-hydrogen) atoms. The molecule has 2 N–H and O–H groups in total. The number of aromatic amines is 2. The number of hydrogen-bond donors (Lipinski definition) is 2. The van der Waals surface area contributed by atoms with E-state index in [1.54, 1.807) is 30.5 Å². The van der Waals surface area contributed by atoms with Crippen LogP contribution in [-0.2, 0) is 26.1 Å². The van der Waals surface area contributed by atoms with Gasteiger partial charge in [0.05, 0.1) is 65.2 Å². The van der Waals surface area contributed by atoms with Crippen LogP contribution in [0.15, 0.2) is 146 Å². The van der Waals surface area contributed by atoms with Gasteiger partial charge in [0.2, 0.25) is 0 Å². The Labute approximate surface area is 670 Å². The van der Waals surface area contributed by atoms with Crippen molar-refractivity contribution in [1.82, 2.24) is 14.5 Å². The van der Waals surface area contributed by atoms with Crippen LogP contribution in [-0.4, -0.2) is 68.7 Å². The molecule has 0 fully saturated rings. The van der Waals surface area contributed by atoms with Crippen LogP contribution < -0.4 is 160 Å². The Hall–Kier alpha value is 1.03. The van der Waals surface area contributed by atoms with Crippen molar-refractivity contribution in [1.29, 1.82) is 0 Å². The van der Waals surface area contributed by atoms with Gasteiger partial charge >= 0.3 is 166 Å². The molecular weight excluding hydrogens is 1670 g/mol. The predicted octanol–water partition coefficient (Wildman–Crippen LogP) is 10.2. The molecule has 0 atom stereocenters. The number of aldehydes is 2. The summed E-state index contributed by atoms with van der Waals surface area (Å²) >= 11 is 64.0. The second kappa shape index (κ2) is 49.0. The molecule has 414 valence electrons. The van der Waals surface area contributed by atoms with E-state index in [0.29, 0.717) is 53.3 Å². The van der Waals surface area contributed by atoms with Gasteiger partial charge in [-0.1, -0.05) is 194 Å². The molecule has 0 aliphatic carbocycles. The van der Waals surface area contributed by atoms with E-state index >= 15 is 0 Å². The summed E-state index contributed by atoms with van der Waals surface area (Å²) in [6.07, 6.45) is 6.89. The van der Waals surface area contributed by atoms with Gasteiger partial charge in [0.1, 0.15) is 5.02 Å². The predicted molar refractivity (Wildman–Crippen MR) is 323 cm³/mol. The van der Waals surface area contributed by atoms with Crippen LogP contribution in [0.1, 0.15) is 34.6 Å². The number of halogens is 14. The number of nitrogens with zero attached hydrogens (tertiary/aromatic N) is 2. The van der Waals surface area contributed by atoms with Gasteiger partial charge in [0, 0.05) is 63.8 Å². The number of nitro benzene ring substituents is 1. The molecule has 0 aliphatic heterocycles. The van der Waals surface area contributed by atoms with Gasteiger partial charge in [-0.05, 0) is 75.2 Å². The average Bonchev–Trinajstić information content (AvgIpc) is 4.18. The molecule has 6 aromatic carbocycles. The average molecular weight is 1710 g/mol. The maximum Gasteiger partial charge on any atom is 2.00 e. The summed E-state index contributed by atoms with van der Waals surface area (Å²) in [4.78, 5) is 48.6. The van der Waals surface area contributed by atoms with Crippen LogP contribution in [0.25, 0.3) is 32.7 Å². The Kier molecular flexibility index (Phi) is 52.2. The first-order valence-corrected chi connectivity index (χ1v) is 28.8. The fourth-order valence-electron chi connectivity index (χ4n) is 5.88. The number of H-pyrrole nitrogens is 2. The van der Waals surface area contributed by atoms with E-state index in [1.165, 1.54) is 23.8 Å². The van der Waals surface area contributed by atoms with Crippen molar-refractivity contribution in [2.75, 3.05) is 7.15 Å². The maximum atomic E-state index is 11.2. The Morgan fingerprint density at radius 2 is 1.16 bits per heavy atom. The summed E-state index contributed by atoms with van der Waals surface area (Å²) in [5.41, 5.74) is 5.91. The molecule has 0 amide bonds. The quantitative estimate of drug-likeness (QED) is 0.0231. The van der Waals surface area contributed by atoms with Crippen molar-refractivity contribution in [2.24, 2.45) is 0 Å². The first-order valence-electron chi connectivity index (χ1n) is 21.0. The fourth-order valence-corrected chi connectivity index (χ4v) is 7.80. The zero-order valence-corrected chi connectivity index (χ0v) is 67.9. The van der Waals surface area contributed by atoms with Gasteiger partial charge in [-0.2, -0.15) is 0 Å². The summed E-state index contributed by atoms with van der Waals surface area (Å²) in [5, 5.41) is 22.4. The van der Waals surface area contributed by atoms with Gasteiger partial charge < -0.3 is 49.7 Å². The molecule has 30 heteroatoms. The van der Waals surface area contributed by atoms with Gasteiger partial charge in [0.15, 0.2) is 12.6 Å².